The molecule has 1 aliphatic rings. The molecule has 2 rings (SSSR count). The van der Waals surface area contributed by atoms with Crippen LogP contribution in [0.1, 0.15) is 37.8 Å². The van der Waals surface area contributed by atoms with Gasteiger partial charge in [0.05, 0.1) is 6.61 Å². The fourth-order valence-corrected chi connectivity index (χ4v) is 2.50. The van der Waals surface area contributed by atoms with Crippen molar-refractivity contribution in [2.75, 3.05) is 6.61 Å². The van der Waals surface area contributed by atoms with Crippen LogP contribution in [0.25, 0.3) is 0 Å². The molecule has 2 N–H and O–H groups in total. The summed E-state index contributed by atoms with van der Waals surface area (Å²) in [6, 6.07) is 6.21. The van der Waals surface area contributed by atoms with Gasteiger partial charge >= 0.3 is 0 Å². The molecule has 1 aromatic rings. The zero-order chi connectivity index (χ0) is 11.5. The zero-order valence-electron chi connectivity index (χ0n) is 9.99. The van der Waals surface area contributed by atoms with E-state index in [4.69, 9.17) is 10.5 Å². The van der Waals surface area contributed by atoms with Crippen molar-refractivity contribution < 1.29 is 4.74 Å². The van der Waals surface area contributed by atoms with E-state index in [9.17, 15) is 0 Å². The van der Waals surface area contributed by atoms with E-state index >= 15 is 0 Å². The van der Waals surface area contributed by atoms with Crippen LogP contribution in [0.4, 0.5) is 0 Å². The molecule has 0 amide bonds. The van der Waals surface area contributed by atoms with Crippen molar-refractivity contribution >= 4 is 28.3 Å². The van der Waals surface area contributed by atoms with Crippen molar-refractivity contribution in [1.29, 1.82) is 0 Å². The van der Waals surface area contributed by atoms with Crippen LogP contribution in [0.5, 0.6) is 5.75 Å². The van der Waals surface area contributed by atoms with Gasteiger partial charge in [0.25, 0.3) is 0 Å². The molecule has 1 aliphatic carbocycles. The first-order chi connectivity index (χ1) is 7.72. The lowest BCUT2D eigenvalue weighted by Gasteiger charge is -2.32. The summed E-state index contributed by atoms with van der Waals surface area (Å²) in [6.45, 7) is 2.69. The molecule has 0 heterocycles. The summed E-state index contributed by atoms with van der Waals surface area (Å²) < 4.78 is 6.70. The Morgan fingerprint density at radius 1 is 1.47 bits per heavy atom. The van der Waals surface area contributed by atoms with Gasteiger partial charge < -0.3 is 10.5 Å². The van der Waals surface area contributed by atoms with E-state index in [2.05, 4.69) is 22.0 Å². The van der Waals surface area contributed by atoms with Crippen LogP contribution < -0.4 is 10.5 Å². The number of hydrogen-bond acceptors (Lipinski definition) is 2. The fraction of sp³-hybridized carbons (Fsp3) is 0.538. The van der Waals surface area contributed by atoms with Crippen LogP contribution >= 0.6 is 28.3 Å². The third kappa shape index (κ3) is 3.36. The molecule has 1 aromatic carbocycles. The Hall–Kier alpha value is -0.250. The Kier molecular flexibility index (Phi) is 5.77. The summed E-state index contributed by atoms with van der Waals surface area (Å²) in [6.07, 6.45) is 3.81. The van der Waals surface area contributed by atoms with Gasteiger partial charge in [0.15, 0.2) is 0 Å². The first kappa shape index (κ1) is 14.8. The first-order valence-corrected chi connectivity index (χ1v) is 6.69. The molecule has 96 valence electrons. The van der Waals surface area contributed by atoms with Gasteiger partial charge in [-0.25, -0.2) is 0 Å². The van der Waals surface area contributed by atoms with Gasteiger partial charge in [-0.05, 0) is 43.9 Å². The molecular weight excluding hydrogens is 302 g/mol. The van der Waals surface area contributed by atoms with E-state index in [1.54, 1.807) is 0 Å². The summed E-state index contributed by atoms with van der Waals surface area (Å²) >= 11 is 3.49. The SMILES string of the molecule is CCOc1ccc(Br)cc1[C@H](N)C1CCC1.Cl. The Balaban J connectivity index is 0.00000144. The highest BCUT2D eigenvalue weighted by molar-refractivity contribution is 9.10. The van der Waals surface area contributed by atoms with Crippen molar-refractivity contribution in [3.63, 3.8) is 0 Å². The van der Waals surface area contributed by atoms with E-state index < -0.39 is 0 Å². The van der Waals surface area contributed by atoms with Crippen LogP contribution in [0.3, 0.4) is 0 Å². The lowest BCUT2D eigenvalue weighted by Crippen LogP contribution is -2.27. The predicted octanol–water partition coefficient (Wildman–Crippen LogP) is 4.07. The Morgan fingerprint density at radius 2 is 2.18 bits per heavy atom. The zero-order valence-corrected chi connectivity index (χ0v) is 12.4. The van der Waals surface area contributed by atoms with E-state index in [1.165, 1.54) is 19.3 Å². The number of rotatable bonds is 4. The van der Waals surface area contributed by atoms with Gasteiger partial charge in [-0.3, -0.25) is 0 Å². The van der Waals surface area contributed by atoms with Gasteiger partial charge in [0, 0.05) is 16.1 Å². The number of ether oxygens (including phenoxy) is 1. The molecule has 1 fully saturated rings. The molecule has 0 radical (unpaired) electrons. The molecule has 2 nitrogen and oxygen atoms in total. The smallest absolute Gasteiger partial charge is 0.124 e. The van der Waals surface area contributed by atoms with Crippen molar-refractivity contribution in [3.05, 3.63) is 28.2 Å². The van der Waals surface area contributed by atoms with Crippen LogP contribution in [-0.4, -0.2) is 6.61 Å². The molecule has 0 aromatic heterocycles. The van der Waals surface area contributed by atoms with Gasteiger partial charge in [0.1, 0.15) is 5.75 Å². The highest BCUT2D eigenvalue weighted by Gasteiger charge is 2.27. The van der Waals surface area contributed by atoms with Crippen molar-refractivity contribution in [2.45, 2.75) is 32.2 Å². The number of hydrogen-bond donors (Lipinski definition) is 1. The van der Waals surface area contributed by atoms with Gasteiger partial charge in [-0.1, -0.05) is 22.4 Å². The summed E-state index contributed by atoms with van der Waals surface area (Å²) in [5.74, 6) is 1.57. The molecule has 0 saturated heterocycles. The van der Waals surface area contributed by atoms with Crippen LogP contribution in [0.2, 0.25) is 0 Å². The van der Waals surface area contributed by atoms with E-state index in [1.807, 2.05) is 19.1 Å². The summed E-state index contributed by atoms with van der Waals surface area (Å²) in [7, 11) is 0. The molecule has 0 aliphatic heterocycles. The first-order valence-electron chi connectivity index (χ1n) is 5.90. The predicted molar refractivity (Wildman–Crippen MR) is 76.8 cm³/mol. The fourth-order valence-electron chi connectivity index (χ4n) is 2.12. The maximum atomic E-state index is 6.30. The van der Waals surface area contributed by atoms with Crippen molar-refractivity contribution in [1.82, 2.24) is 0 Å². The standard InChI is InChI=1S/C13H18BrNO.ClH/c1-2-16-12-7-6-10(14)8-11(12)13(15)9-4-3-5-9;/h6-9,13H,2-5,15H2,1H3;1H/t13-;/m1./s1. The maximum Gasteiger partial charge on any atom is 0.124 e. The molecule has 0 spiro atoms. The second-order valence-corrected chi connectivity index (χ2v) is 5.25. The van der Waals surface area contributed by atoms with Crippen molar-refractivity contribution in [2.24, 2.45) is 11.7 Å². The second-order valence-electron chi connectivity index (χ2n) is 4.33. The average Bonchev–Trinajstić information content (AvgIpc) is 2.18. The average molecular weight is 321 g/mol. The Labute approximate surface area is 117 Å². The molecule has 1 atom stereocenters. The topological polar surface area (TPSA) is 35.2 Å². The largest absolute Gasteiger partial charge is 0.494 e. The van der Waals surface area contributed by atoms with Crippen LogP contribution in [0, 0.1) is 5.92 Å². The minimum absolute atomic E-state index is 0. The maximum absolute atomic E-state index is 6.30. The monoisotopic (exact) mass is 319 g/mol. The normalized spacial score (nSPS) is 16.9. The number of benzene rings is 1. The quantitative estimate of drug-likeness (QED) is 0.907. The van der Waals surface area contributed by atoms with Gasteiger partial charge in [-0.15, -0.1) is 12.4 Å². The summed E-state index contributed by atoms with van der Waals surface area (Å²) in [5.41, 5.74) is 7.44. The van der Waals surface area contributed by atoms with Crippen molar-refractivity contribution in [3.8, 4) is 5.75 Å². The van der Waals surface area contributed by atoms with E-state index in [0.717, 1.165) is 15.8 Å². The molecule has 0 bridgehead atoms. The molecule has 0 unspecified atom stereocenters. The third-order valence-electron chi connectivity index (χ3n) is 3.29. The molecule has 17 heavy (non-hydrogen) atoms. The molecular formula is C13H19BrClNO. The third-order valence-corrected chi connectivity index (χ3v) is 3.78. The highest BCUT2D eigenvalue weighted by atomic mass is 79.9. The Morgan fingerprint density at radius 3 is 2.71 bits per heavy atom. The minimum Gasteiger partial charge on any atom is -0.494 e. The second kappa shape index (κ2) is 6.62. The number of halogens is 2. The molecule has 1 saturated carbocycles. The van der Waals surface area contributed by atoms with Gasteiger partial charge in [0.2, 0.25) is 0 Å². The van der Waals surface area contributed by atoms with Gasteiger partial charge in [-0.2, -0.15) is 0 Å². The van der Waals surface area contributed by atoms with E-state index in [0.29, 0.717) is 12.5 Å². The molecule has 4 heteroatoms. The minimum atomic E-state index is 0. The Bertz CT molecular complexity index is 368. The van der Waals surface area contributed by atoms with Crippen LogP contribution in [-0.2, 0) is 0 Å². The van der Waals surface area contributed by atoms with Crippen LogP contribution in [0.15, 0.2) is 22.7 Å². The lowest BCUT2D eigenvalue weighted by atomic mass is 9.77. The number of nitrogens with two attached hydrogens (primary N) is 1. The lowest BCUT2D eigenvalue weighted by molar-refractivity contribution is 0.256. The van der Waals surface area contributed by atoms with E-state index in [-0.39, 0.29) is 18.4 Å². The highest BCUT2D eigenvalue weighted by Crippen LogP contribution is 2.40. The summed E-state index contributed by atoms with van der Waals surface area (Å²) in [5, 5.41) is 0. The summed E-state index contributed by atoms with van der Waals surface area (Å²) in [4.78, 5) is 0.